The Morgan fingerprint density at radius 2 is 1.90 bits per heavy atom. The SMILES string of the molecule is COc1ccc(CCCCC[NH+]2CCOCC2)cc1OC[C@H](O)CN1CCCC1. The molecule has 6 nitrogen and oxygen atoms in total. The zero-order valence-corrected chi connectivity index (χ0v) is 18.0. The van der Waals surface area contributed by atoms with Gasteiger partial charge in [-0.05, 0) is 69.3 Å². The van der Waals surface area contributed by atoms with Crippen LogP contribution in [0.2, 0.25) is 0 Å². The number of hydrogen-bond donors (Lipinski definition) is 2. The number of methoxy groups -OCH3 is 1. The van der Waals surface area contributed by atoms with Crippen molar-refractivity contribution in [1.29, 1.82) is 0 Å². The van der Waals surface area contributed by atoms with E-state index in [4.69, 9.17) is 14.2 Å². The van der Waals surface area contributed by atoms with Crippen molar-refractivity contribution in [3.8, 4) is 11.5 Å². The van der Waals surface area contributed by atoms with Crippen LogP contribution < -0.4 is 14.4 Å². The van der Waals surface area contributed by atoms with E-state index in [1.807, 2.05) is 6.07 Å². The Kier molecular flexibility index (Phi) is 9.54. The van der Waals surface area contributed by atoms with Crippen LogP contribution in [0.3, 0.4) is 0 Å². The van der Waals surface area contributed by atoms with E-state index in [-0.39, 0.29) is 0 Å². The maximum absolute atomic E-state index is 10.3. The lowest BCUT2D eigenvalue weighted by atomic mass is 10.1. The summed E-state index contributed by atoms with van der Waals surface area (Å²) in [7, 11) is 1.66. The van der Waals surface area contributed by atoms with Gasteiger partial charge in [0.15, 0.2) is 11.5 Å². The molecule has 0 aliphatic carbocycles. The van der Waals surface area contributed by atoms with E-state index in [1.165, 1.54) is 44.2 Å². The van der Waals surface area contributed by atoms with E-state index >= 15 is 0 Å². The van der Waals surface area contributed by atoms with E-state index < -0.39 is 6.10 Å². The maximum atomic E-state index is 10.3. The maximum Gasteiger partial charge on any atom is 0.161 e. The molecule has 29 heavy (non-hydrogen) atoms. The van der Waals surface area contributed by atoms with Crippen molar-refractivity contribution in [3.63, 3.8) is 0 Å². The molecule has 2 heterocycles. The van der Waals surface area contributed by atoms with E-state index in [9.17, 15) is 5.11 Å². The molecule has 2 N–H and O–H groups in total. The van der Waals surface area contributed by atoms with Crippen molar-refractivity contribution in [2.75, 3.05) is 66.2 Å². The molecule has 0 radical (unpaired) electrons. The van der Waals surface area contributed by atoms with Crippen LogP contribution in [0.25, 0.3) is 0 Å². The van der Waals surface area contributed by atoms with Crippen LogP contribution in [0.5, 0.6) is 11.5 Å². The minimum absolute atomic E-state index is 0.304. The van der Waals surface area contributed by atoms with E-state index in [0.29, 0.717) is 13.2 Å². The first-order chi connectivity index (χ1) is 14.2. The van der Waals surface area contributed by atoms with Crippen LogP contribution in [0.4, 0.5) is 0 Å². The topological polar surface area (TPSA) is 55.6 Å². The van der Waals surface area contributed by atoms with Crippen molar-refractivity contribution >= 4 is 0 Å². The molecule has 164 valence electrons. The van der Waals surface area contributed by atoms with Crippen LogP contribution in [0.1, 0.15) is 37.7 Å². The van der Waals surface area contributed by atoms with Gasteiger partial charge in [-0.2, -0.15) is 0 Å². The molecule has 0 spiro atoms. The second-order valence-electron chi connectivity index (χ2n) is 8.38. The standard InChI is InChI=1S/C23H38N2O4/c1-27-22-9-8-20(7-3-2-4-10-24-13-15-28-16-14-24)17-23(22)29-19-21(26)18-25-11-5-6-12-25/h8-9,17,21,26H,2-7,10-16,18-19H2,1H3/p+1/t21-/m1/s1. The number of nitrogens with one attached hydrogen (secondary N) is 1. The number of benzene rings is 1. The fourth-order valence-corrected chi connectivity index (χ4v) is 4.28. The van der Waals surface area contributed by atoms with E-state index in [0.717, 1.165) is 57.3 Å². The van der Waals surface area contributed by atoms with Gasteiger partial charge in [-0.15, -0.1) is 0 Å². The average Bonchev–Trinajstić information content (AvgIpc) is 3.26. The number of aliphatic hydroxyl groups is 1. The Bertz CT molecular complexity index is 586. The summed E-state index contributed by atoms with van der Waals surface area (Å²) >= 11 is 0. The van der Waals surface area contributed by atoms with Crippen molar-refractivity contribution < 1.29 is 24.2 Å². The van der Waals surface area contributed by atoms with E-state index in [1.54, 1.807) is 12.0 Å². The molecule has 0 unspecified atom stereocenters. The number of morpholine rings is 1. The molecule has 2 aliphatic rings. The lowest BCUT2D eigenvalue weighted by Gasteiger charge is -2.23. The highest BCUT2D eigenvalue weighted by Crippen LogP contribution is 2.29. The normalized spacial score (nSPS) is 19.4. The molecule has 0 amide bonds. The number of quaternary nitrogens is 1. The largest absolute Gasteiger partial charge is 0.493 e. The second-order valence-corrected chi connectivity index (χ2v) is 8.38. The third kappa shape index (κ3) is 7.78. The van der Waals surface area contributed by atoms with Gasteiger partial charge >= 0.3 is 0 Å². The average molecular weight is 408 g/mol. The Hall–Kier alpha value is -1.34. The van der Waals surface area contributed by atoms with Crippen molar-refractivity contribution in [3.05, 3.63) is 23.8 Å². The zero-order valence-electron chi connectivity index (χ0n) is 18.0. The summed E-state index contributed by atoms with van der Waals surface area (Å²) < 4.78 is 16.8. The minimum atomic E-state index is -0.468. The van der Waals surface area contributed by atoms with Crippen molar-refractivity contribution in [2.24, 2.45) is 0 Å². The molecule has 0 saturated carbocycles. The first kappa shape index (κ1) is 22.3. The number of ether oxygens (including phenoxy) is 3. The molecule has 6 heteroatoms. The summed E-state index contributed by atoms with van der Waals surface area (Å²) in [6.45, 7) is 8.56. The van der Waals surface area contributed by atoms with Crippen LogP contribution in [-0.2, 0) is 11.2 Å². The van der Waals surface area contributed by atoms with Gasteiger partial charge in [0, 0.05) is 6.54 Å². The Morgan fingerprint density at radius 3 is 2.66 bits per heavy atom. The number of hydrogen-bond acceptors (Lipinski definition) is 5. The van der Waals surface area contributed by atoms with Gasteiger partial charge in [0.2, 0.25) is 0 Å². The van der Waals surface area contributed by atoms with Crippen molar-refractivity contribution in [1.82, 2.24) is 4.90 Å². The number of rotatable bonds is 12. The predicted molar refractivity (Wildman–Crippen MR) is 114 cm³/mol. The molecular formula is C23H39N2O4+. The molecule has 1 atom stereocenters. The van der Waals surface area contributed by atoms with Gasteiger partial charge in [-0.3, -0.25) is 0 Å². The smallest absolute Gasteiger partial charge is 0.161 e. The lowest BCUT2D eigenvalue weighted by Crippen LogP contribution is -3.14. The van der Waals surface area contributed by atoms with Gasteiger partial charge in [0.25, 0.3) is 0 Å². The highest BCUT2D eigenvalue weighted by Gasteiger charge is 2.17. The molecule has 2 saturated heterocycles. The quantitative estimate of drug-likeness (QED) is 0.509. The predicted octanol–water partition coefficient (Wildman–Crippen LogP) is 1.16. The summed E-state index contributed by atoms with van der Waals surface area (Å²) in [6.07, 6.45) is 6.76. The number of aliphatic hydroxyl groups excluding tert-OH is 1. The number of aryl methyl sites for hydroxylation is 1. The van der Waals surface area contributed by atoms with Gasteiger partial charge in [-0.25, -0.2) is 0 Å². The van der Waals surface area contributed by atoms with Crippen LogP contribution in [-0.4, -0.2) is 82.3 Å². The third-order valence-corrected chi connectivity index (χ3v) is 6.02. The molecule has 0 aromatic heterocycles. The first-order valence-corrected chi connectivity index (χ1v) is 11.4. The molecule has 2 aliphatic heterocycles. The lowest BCUT2D eigenvalue weighted by molar-refractivity contribution is -0.908. The van der Waals surface area contributed by atoms with Gasteiger partial charge in [0.05, 0.1) is 26.9 Å². The van der Waals surface area contributed by atoms with Crippen LogP contribution in [0, 0.1) is 0 Å². The Labute approximate surface area is 175 Å². The molecule has 3 rings (SSSR count). The molecule has 1 aromatic rings. The van der Waals surface area contributed by atoms with Gasteiger partial charge in [0.1, 0.15) is 25.8 Å². The summed E-state index contributed by atoms with van der Waals surface area (Å²) in [5.41, 5.74) is 1.27. The molecule has 2 fully saturated rings. The second kappa shape index (κ2) is 12.4. The highest BCUT2D eigenvalue weighted by molar-refractivity contribution is 5.43. The minimum Gasteiger partial charge on any atom is -0.493 e. The van der Waals surface area contributed by atoms with E-state index in [2.05, 4.69) is 17.0 Å². The summed E-state index contributed by atoms with van der Waals surface area (Å²) in [5.74, 6) is 1.47. The number of nitrogens with zero attached hydrogens (tertiary/aromatic N) is 1. The van der Waals surface area contributed by atoms with Crippen LogP contribution >= 0.6 is 0 Å². The Balaban J connectivity index is 1.38. The van der Waals surface area contributed by atoms with Gasteiger partial charge < -0.3 is 29.1 Å². The summed E-state index contributed by atoms with van der Waals surface area (Å²) in [4.78, 5) is 3.99. The molecule has 1 aromatic carbocycles. The summed E-state index contributed by atoms with van der Waals surface area (Å²) in [6, 6.07) is 6.18. The fraction of sp³-hybridized carbons (Fsp3) is 0.739. The van der Waals surface area contributed by atoms with Gasteiger partial charge in [-0.1, -0.05) is 6.07 Å². The fourth-order valence-electron chi connectivity index (χ4n) is 4.28. The molecule has 0 bridgehead atoms. The van der Waals surface area contributed by atoms with Crippen molar-refractivity contribution in [2.45, 2.75) is 44.6 Å². The summed E-state index contributed by atoms with van der Waals surface area (Å²) in [5, 5.41) is 10.3. The third-order valence-electron chi connectivity index (χ3n) is 6.02. The molecular weight excluding hydrogens is 368 g/mol. The number of likely N-dealkylation sites (tertiary alicyclic amines) is 1. The first-order valence-electron chi connectivity index (χ1n) is 11.4. The monoisotopic (exact) mass is 407 g/mol. The Morgan fingerprint density at radius 1 is 1.10 bits per heavy atom. The highest BCUT2D eigenvalue weighted by atomic mass is 16.5. The number of unbranched alkanes of at least 4 members (excludes halogenated alkanes) is 2. The van der Waals surface area contributed by atoms with Crippen LogP contribution in [0.15, 0.2) is 18.2 Å². The zero-order chi connectivity index (χ0) is 20.3. The number of β-amino-alcohol motifs (C(OH)–C–C–N with tert-alkyl or cyclic N) is 1.